The summed E-state index contributed by atoms with van der Waals surface area (Å²) in [6.07, 6.45) is 1.45. The predicted molar refractivity (Wildman–Crippen MR) is 74.1 cm³/mol. The summed E-state index contributed by atoms with van der Waals surface area (Å²) >= 11 is 5.88. The van der Waals surface area contributed by atoms with E-state index >= 15 is 0 Å². The van der Waals surface area contributed by atoms with Gasteiger partial charge in [0.2, 0.25) is 0 Å². The van der Waals surface area contributed by atoms with Crippen molar-refractivity contribution in [1.82, 2.24) is 20.1 Å². The third-order valence-corrected chi connectivity index (χ3v) is 3.02. The molecule has 1 aromatic carbocycles. The van der Waals surface area contributed by atoms with Crippen LogP contribution in [0, 0.1) is 5.82 Å². The maximum atomic E-state index is 13.7. The molecular weight excluding hydrogens is 283 g/mol. The number of aromatic nitrogens is 3. The van der Waals surface area contributed by atoms with Gasteiger partial charge in [-0.15, -0.1) is 0 Å². The van der Waals surface area contributed by atoms with Crippen molar-refractivity contribution < 1.29 is 9.13 Å². The summed E-state index contributed by atoms with van der Waals surface area (Å²) in [4.78, 5) is 4.16. The highest BCUT2D eigenvalue weighted by atomic mass is 35.5. The van der Waals surface area contributed by atoms with Crippen LogP contribution in [0.15, 0.2) is 24.5 Å². The Morgan fingerprint density at radius 2 is 2.30 bits per heavy atom. The van der Waals surface area contributed by atoms with Crippen LogP contribution in [0.2, 0.25) is 5.02 Å². The highest BCUT2D eigenvalue weighted by Gasteiger charge is 2.08. The molecule has 1 N–H and O–H groups in total. The lowest BCUT2D eigenvalue weighted by atomic mass is 10.2. The summed E-state index contributed by atoms with van der Waals surface area (Å²) in [6.45, 7) is 2.19. The molecule has 0 atom stereocenters. The molecule has 7 heteroatoms. The van der Waals surface area contributed by atoms with Gasteiger partial charge in [0.05, 0.1) is 19.7 Å². The largest absolute Gasteiger partial charge is 0.383 e. The Hall–Kier alpha value is -1.50. The quantitative estimate of drug-likeness (QED) is 0.793. The van der Waals surface area contributed by atoms with E-state index in [4.69, 9.17) is 16.3 Å². The van der Waals surface area contributed by atoms with E-state index in [2.05, 4.69) is 15.4 Å². The summed E-state index contributed by atoms with van der Waals surface area (Å²) < 4.78 is 20.3. The van der Waals surface area contributed by atoms with Crippen LogP contribution in [0.5, 0.6) is 0 Å². The van der Waals surface area contributed by atoms with Crippen LogP contribution in [0.25, 0.3) is 0 Å². The van der Waals surface area contributed by atoms with Gasteiger partial charge in [0.15, 0.2) is 0 Å². The number of methoxy groups -OCH3 is 1. The minimum absolute atomic E-state index is 0.299. The summed E-state index contributed by atoms with van der Waals surface area (Å²) in [5.74, 6) is 0.434. The lowest BCUT2D eigenvalue weighted by Gasteiger charge is -2.08. The minimum Gasteiger partial charge on any atom is -0.383 e. The maximum absolute atomic E-state index is 13.7. The molecule has 20 heavy (non-hydrogen) atoms. The molecule has 0 aliphatic heterocycles. The Kier molecular flexibility index (Phi) is 5.46. The molecular formula is C13H16ClFN4O. The average molecular weight is 299 g/mol. The summed E-state index contributed by atoms with van der Waals surface area (Å²) in [5.41, 5.74) is 0.487. The summed E-state index contributed by atoms with van der Waals surface area (Å²) in [6, 6.07) is 4.47. The Bertz CT molecular complexity index is 561. The van der Waals surface area contributed by atoms with Gasteiger partial charge in [-0.1, -0.05) is 11.6 Å². The number of ether oxygens (including phenoxy) is 1. The van der Waals surface area contributed by atoms with Crippen LogP contribution >= 0.6 is 11.6 Å². The van der Waals surface area contributed by atoms with Crippen LogP contribution in [0.3, 0.4) is 0 Å². The Morgan fingerprint density at radius 3 is 3.10 bits per heavy atom. The molecule has 0 amide bonds. The molecule has 0 saturated carbocycles. The normalized spacial score (nSPS) is 10.9. The molecule has 0 unspecified atom stereocenters. The zero-order chi connectivity index (χ0) is 14.4. The van der Waals surface area contributed by atoms with E-state index in [-0.39, 0.29) is 5.82 Å². The highest BCUT2D eigenvalue weighted by molar-refractivity contribution is 6.30. The fourth-order valence-electron chi connectivity index (χ4n) is 1.76. The molecule has 0 radical (unpaired) electrons. The molecule has 1 heterocycles. The first-order chi connectivity index (χ1) is 9.70. The third kappa shape index (κ3) is 4.00. The molecule has 2 aromatic rings. The summed E-state index contributed by atoms with van der Waals surface area (Å²) in [5, 5.41) is 7.78. The Morgan fingerprint density at radius 1 is 1.45 bits per heavy atom. The van der Waals surface area contributed by atoms with Gasteiger partial charge in [-0.2, -0.15) is 5.10 Å². The van der Waals surface area contributed by atoms with Crippen molar-refractivity contribution in [2.24, 2.45) is 0 Å². The zero-order valence-electron chi connectivity index (χ0n) is 11.1. The van der Waals surface area contributed by atoms with E-state index in [9.17, 15) is 4.39 Å². The Balaban J connectivity index is 2.02. The SMILES string of the molecule is COCCNCc1ncnn1Cc1cc(Cl)ccc1F. The standard InChI is InChI=1S/C13H16ClFN4O/c1-20-5-4-16-7-13-17-9-18-19(13)8-10-6-11(14)2-3-12(10)15/h2-3,6,9,16H,4-5,7-8H2,1H3. The molecule has 108 valence electrons. The smallest absolute Gasteiger partial charge is 0.141 e. The number of hydrogen-bond donors (Lipinski definition) is 1. The van der Waals surface area contributed by atoms with Crippen molar-refractivity contribution in [3.63, 3.8) is 0 Å². The van der Waals surface area contributed by atoms with Gasteiger partial charge in [0.1, 0.15) is 18.0 Å². The van der Waals surface area contributed by atoms with Crippen LogP contribution in [-0.4, -0.2) is 35.0 Å². The van der Waals surface area contributed by atoms with E-state index in [0.717, 1.165) is 12.4 Å². The van der Waals surface area contributed by atoms with Gasteiger partial charge in [-0.3, -0.25) is 0 Å². The molecule has 0 fully saturated rings. The topological polar surface area (TPSA) is 52.0 Å². The van der Waals surface area contributed by atoms with Crippen LogP contribution in [0.4, 0.5) is 4.39 Å². The molecule has 5 nitrogen and oxygen atoms in total. The summed E-state index contributed by atoms with van der Waals surface area (Å²) in [7, 11) is 1.64. The van der Waals surface area contributed by atoms with Crippen molar-refractivity contribution in [1.29, 1.82) is 0 Å². The van der Waals surface area contributed by atoms with Gasteiger partial charge >= 0.3 is 0 Å². The first-order valence-electron chi connectivity index (χ1n) is 6.21. The van der Waals surface area contributed by atoms with Crippen molar-refractivity contribution in [3.8, 4) is 0 Å². The number of nitrogens with zero attached hydrogens (tertiary/aromatic N) is 3. The molecule has 0 aliphatic rings. The van der Waals surface area contributed by atoms with Gasteiger partial charge in [-0.05, 0) is 18.2 Å². The number of nitrogens with one attached hydrogen (secondary N) is 1. The number of rotatable bonds is 7. The zero-order valence-corrected chi connectivity index (χ0v) is 11.9. The molecule has 0 saturated heterocycles. The second-order valence-corrected chi connectivity index (χ2v) is 4.68. The predicted octanol–water partition coefficient (Wildman–Crippen LogP) is 1.85. The van der Waals surface area contributed by atoms with Crippen molar-refractivity contribution in [3.05, 3.63) is 46.8 Å². The van der Waals surface area contributed by atoms with Gasteiger partial charge < -0.3 is 10.1 Å². The fraction of sp³-hybridized carbons (Fsp3) is 0.385. The first kappa shape index (κ1) is 14.9. The van der Waals surface area contributed by atoms with Crippen molar-refractivity contribution >= 4 is 11.6 Å². The second-order valence-electron chi connectivity index (χ2n) is 4.24. The second kappa shape index (κ2) is 7.33. The maximum Gasteiger partial charge on any atom is 0.141 e. The first-order valence-corrected chi connectivity index (χ1v) is 6.58. The highest BCUT2D eigenvalue weighted by Crippen LogP contribution is 2.16. The van der Waals surface area contributed by atoms with Crippen LogP contribution < -0.4 is 5.32 Å². The van der Waals surface area contributed by atoms with Gasteiger partial charge in [-0.25, -0.2) is 14.1 Å². The number of benzene rings is 1. The average Bonchev–Trinajstić information content (AvgIpc) is 2.86. The number of hydrogen-bond acceptors (Lipinski definition) is 4. The molecule has 2 rings (SSSR count). The Labute approximate surface area is 121 Å². The van der Waals surface area contributed by atoms with E-state index in [1.54, 1.807) is 17.9 Å². The van der Waals surface area contributed by atoms with Gasteiger partial charge in [0, 0.05) is 24.2 Å². The minimum atomic E-state index is -0.303. The monoisotopic (exact) mass is 298 g/mol. The van der Waals surface area contributed by atoms with Crippen molar-refractivity contribution in [2.45, 2.75) is 13.1 Å². The molecule has 0 aliphatic carbocycles. The van der Waals surface area contributed by atoms with E-state index in [1.165, 1.54) is 18.5 Å². The fourth-order valence-corrected chi connectivity index (χ4v) is 1.95. The van der Waals surface area contributed by atoms with Crippen molar-refractivity contribution in [2.75, 3.05) is 20.3 Å². The lowest BCUT2D eigenvalue weighted by Crippen LogP contribution is -2.21. The van der Waals surface area contributed by atoms with E-state index < -0.39 is 0 Å². The molecule has 0 bridgehead atoms. The van der Waals surface area contributed by atoms with E-state index in [0.29, 0.717) is 30.3 Å². The van der Waals surface area contributed by atoms with Crippen LogP contribution in [-0.2, 0) is 17.8 Å². The van der Waals surface area contributed by atoms with Crippen LogP contribution in [0.1, 0.15) is 11.4 Å². The number of halogens is 2. The van der Waals surface area contributed by atoms with E-state index in [1.807, 2.05) is 0 Å². The molecule has 1 aromatic heterocycles. The van der Waals surface area contributed by atoms with Gasteiger partial charge in [0.25, 0.3) is 0 Å². The lowest BCUT2D eigenvalue weighted by molar-refractivity contribution is 0.198. The third-order valence-electron chi connectivity index (χ3n) is 2.79. The molecule has 0 spiro atoms.